The van der Waals surface area contributed by atoms with Crippen molar-refractivity contribution in [2.75, 3.05) is 13.1 Å². The molecule has 20 heavy (non-hydrogen) atoms. The summed E-state index contributed by atoms with van der Waals surface area (Å²) < 4.78 is 2.16. The van der Waals surface area contributed by atoms with Crippen LogP contribution in [0.3, 0.4) is 0 Å². The van der Waals surface area contributed by atoms with Gasteiger partial charge in [0.05, 0.1) is 5.69 Å². The summed E-state index contributed by atoms with van der Waals surface area (Å²) in [7, 11) is 0. The summed E-state index contributed by atoms with van der Waals surface area (Å²) in [6, 6.07) is 12.2. The Kier molecular flexibility index (Phi) is 3.70. The zero-order valence-corrected chi connectivity index (χ0v) is 11.8. The first-order chi connectivity index (χ1) is 9.77. The van der Waals surface area contributed by atoms with Crippen molar-refractivity contribution in [2.24, 2.45) is 0 Å². The molecule has 0 unspecified atom stereocenters. The van der Waals surface area contributed by atoms with Crippen LogP contribution in [-0.2, 0) is 0 Å². The monoisotopic (exact) mass is 268 g/mol. The third-order valence-corrected chi connectivity index (χ3v) is 4.10. The Balaban J connectivity index is 1.93. The van der Waals surface area contributed by atoms with Crippen LogP contribution in [0.15, 0.2) is 42.6 Å². The van der Waals surface area contributed by atoms with Crippen LogP contribution >= 0.6 is 0 Å². The second-order valence-corrected chi connectivity index (χ2v) is 5.43. The number of piperidine rings is 1. The van der Waals surface area contributed by atoms with Crippen molar-refractivity contribution in [3.63, 3.8) is 0 Å². The van der Waals surface area contributed by atoms with Gasteiger partial charge in [-0.15, -0.1) is 0 Å². The van der Waals surface area contributed by atoms with Crippen molar-refractivity contribution < 1.29 is 4.79 Å². The standard InChI is InChI=1S/C17H20N2O/c1-13-5-2-3-6-15(13)17(20)16-7-4-12-19(16)14-8-10-18-11-9-14/h2-7,12,14,18H,8-11H2,1H3. The number of benzene rings is 1. The molecule has 2 aromatic rings. The van der Waals surface area contributed by atoms with E-state index in [1.807, 2.05) is 49.5 Å². The van der Waals surface area contributed by atoms with Gasteiger partial charge in [0.2, 0.25) is 5.78 Å². The van der Waals surface area contributed by atoms with Crippen LogP contribution in [-0.4, -0.2) is 23.4 Å². The largest absolute Gasteiger partial charge is 0.342 e. The van der Waals surface area contributed by atoms with Crippen LogP contribution in [0, 0.1) is 6.92 Å². The highest BCUT2D eigenvalue weighted by atomic mass is 16.1. The number of aromatic nitrogens is 1. The summed E-state index contributed by atoms with van der Waals surface area (Å²) in [4.78, 5) is 12.8. The van der Waals surface area contributed by atoms with E-state index in [1.54, 1.807) is 0 Å². The first-order valence-corrected chi connectivity index (χ1v) is 7.25. The summed E-state index contributed by atoms with van der Waals surface area (Å²) in [6.07, 6.45) is 4.22. The van der Waals surface area contributed by atoms with Crippen LogP contribution < -0.4 is 5.32 Å². The highest BCUT2D eigenvalue weighted by molar-refractivity contribution is 6.08. The third-order valence-electron chi connectivity index (χ3n) is 4.10. The zero-order chi connectivity index (χ0) is 13.9. The number of hydrogen-bond donors (Lipinski definition) is 1. The van der Waals surface area contributed by atoms with Gasteiger partial charge in [-0.3, -0.25) is 4.79 Å². The molecule has 0 radical (unpaired) electrons. The van der Waals surface area contributed by atoms with E-state index in [0.717, 1.165) is 42.8 Å². The summed E-state index contributed by atoms with van der Waals surface area (Å²) in [6.45, 7) is 4.05. The molecule has 1 aromatic carbocycles. The number of ketones is 1. The highest BCUT2D eigenvalue weighted by Gasteiger charge is 2.21. The molecular weight excluding hydrogens is 248 g/mol. The quantitative estimate of drug-likeness (QED) is 0.868. The maximum atomic E-state index is 12.8. The van der Waals surface area contributed by atoms with Gasteiger partial charge in [0.25, 0.3) is 0 Å². The van der Waals surface area contributed by atoms with Crippen molar-refractivity contribution in [2.45, 2.75) is 25.8 Å². The van der Waals surface area contributed by atoms with Crippen LogP contribution in [0.25, 0.3) is 0 Å². The Hall–Kier alpha value is -1.87. The van der Waals surface area contributed by atoms with Gasteiger partial charge >= 0.3 is 0 Å². The maximum Gasteiger partial charge on any atom is 0.209 e. The fourth-order valence-electron chi connectivity index (χ4n) is 2.96. The van der Waals surface area contributed by atoms with E-state index < -0.39 is 0 Å². The molecule has 1 aromatic heterocycles. The van der Waals surface area contributed by atoms with E-state index in [1.165, 1.54) is 0 Å². The number of carbonyl (C=O) groups is 1. The Morgan fingerprint density at radius 2 is 1.90 bits per heavy atom. The lowest BCUT2D eigenvalue weighted by molar-refractivity contribution is 0.102. The van der Waals surface area contributed by atoms with Crippen LogP contribution in [0.5, 0.6) is 0 Å². The van der Waals surface area contributed by atoms with Gasteiger partial charge in [-0.25, -0.2) is 0 Å². The van der Waals surface area contributed by atoms with Gasteiger partial charge in [0, 0.05) is 17.8 Å². The van der Waals surface area contributed by atoms with E-state index in [9.17, 15) is 4.79 Å². The Labute approximate surface area is 119 Å². The van der Waals surface area contributed by atoms with Crippen molar-refractivity contribution in [3.8, 4) is 0 Å². The van der Waals surface area contributed by atoms with E-state index in [2.05, 4.69) is 9.88 Å². The van der Waals surface area contributed by atoms with Crippen molar-refractivity contribution in [1.82, 2.24) is 9.88 Å². The van der Waals surface area contributed by atoms with Crippen LogP contribution in [0.1, 0.15) is 40.5 Å². The minimum absolute atomic E-state index is 0.131. The molecule has 3 heteroatoms. The minimum atomic E-state index is 0.131. The summed E-state index contributed by atoms with van der Waals surface area (Å²) in [5.41, 5.74) is 2.66. The number of aryl methyl sites for hydroxylation is 1. The SMILES string of the molecule is Cc1ccccc1C(=O)c1cccn1C1CCNCC1. The number of carbonyl (C=O) groups excluding carboxylic acids is 1. The normalized spacial score (nSPS) is 16.2. The second kappa shape index (κ2) is 5.63. The van der Waals surface area contributed by atoms with Gasteiger partial charge in [-0.2, -0.15) is 0 Å². The van der Waals surface area contributed by atoms with E-state index in [4.69, 9.17) is 0 Å². The first kappa shape index (κ1) is 13.1. The molecule has 1 aliphatic heterocycles. The lowest BCUT2D eigenvalue weighted by Crippen LogP contribution is -2.30. The minimum Gasteiger partial charge on any atom is -0.342 e. The molecule has 2 heterocycles. The fourth-order valence-corrected chi connectivity index (χ4v) is 2.96. The smallest absolute Gasteiger partial charge is 0.209 e. The number of hydrogen-bond acceptors (Lipinski definition) is 2. The summed E-state index contributed by atoms with van der Waals surface area (Å²) >= 11 is 0. The first-order valence-electron chi connectivity index (χ1n) is 7.25. The van der Waals surface area contributed by atoms with Gasteiger partial charge < -0.3 is 9.88 Å². The van der Waals surface area contributed by atoms with Crippen LogP contribution in [0.4, 0.5) is 0 Å². The Morgan fingerprint density at radius 3 is 2.65 bits per heavy atom. The van der Waals surface area contributed by atoms with E-state index in [0.29, 0.717) is 6.04 Å². The number of nitrogens with one attached hydrogen (secondary N) is 1. The molecule has 0 aliphatic carbocycles. The van der Waals surface area contributed by atoms with Crippen molar-refractivity contribution in [3.05, 3.63) is 59.4 Å². The molecule has 3 rings (SSSR count). The van der Waals surface area contributed by atoms with Gasteiger partial charge in [-0.05, 0) is 50.6 Å². The average molecular weight is 268 g/mol. The van der Waals surface area contributed by atoms with Gasteiger partial charge in [0.1, 0.15) is 0 Å². The molecule has 0 spiro atoms. The third kappa shape index (κ3) is 2.41. The highest BCUT2D eigenvalue weighted by Crippen LogP contribution is 2.23. The maximum absolute atomic E-state index is 12.8. The predicted molar refractivity (Wildman–Crippen MR) is 80.2 cm³/mol. The molecule has 0 bridgehead atoms. The molecule has 0 amide bonds. The van der Waals surface area contributed by atoms with Crippen LogP contribution in [0.2, 0.25) is 0 Å². The van der Waals surface area contributed by atoms with E-state index >= 15 is 0 Å². The van der Waals surface area contributed by atoms with Gasteiger partial charge in [0.15, 0.2) is 0 Å². The Bertz CT molecular complexity index is 609. The lowest BCUT2D eigenvalue weighted by atomic mass is 10.0. The fraction of sp³-hybridized carbons (Fsp3) is 0.353. The lowest BCUT2D eigenvalue weighted by Gasteiger charge is -2.26. The summed E-state index contributed by atoms with van der Waals surface area (Å²) in [5, 5.41) is 3.37. The topological polar surface area (TPSA) is 34.0 Å². The Morgan fingerprint density at radius 1 is 1.15 bits per heavy atom. The zero-order valence-electron chi connectivity index (χ0n) is 11.8. The molecule has 0 saturated carbocycles. The van der Waals surface area contributed by atoms with Gasteiger partial charge in [-0.1, -0.05) is 24.3 Å². The number of nitrogens with zero attached hydrogens (tertiary/aromatic N) is 1. The van der Waals surface area contributed by atoms with Crippen molar-refractivity contribution in [1.29, 1.82) is 0 Å². The summed E-state index contributed by atoms with van der Waals surface area (Å²) in [5.74, 6) is 0.131. The molecule has 1 fully saturated rings. The predicted octanol–water partition coefficient (Wildman–Crippen LogP) is 2.95. The van der Waals surface area contributed by atoms with E-state index in [-0.39, 0.29) is 5.78 Å². The average Bonchev–Trinajstić information content (AvgIpc) is 2.97. The molecular formula is C17H20N2O. The molecule has 1 aliphatic rings. The molecule has 1 N–H and O–H groups in total. The molecule has 0 atom stereocenters. The molecule has 1 saturated heterocycles. The molecule has 3 nitrogen and oxygen atoms in total. The van der Waals surface area contributed by atoms with Crippen molar-refractivity contribution >= 4 is 5.78 Å². The number of rotatable bonds is 3. The second-order valence-electron chi connectivity index (χ2n) is 5.43. The molecule has 104 valence electrons.